The molecule has 0 unspecified atom stereocenters. The van der Waals surface area contributed by atoms with Crippen molar-refractivity contribution in [3.05, 3.63) is 229 Å². The third-order valence-electron chi connectivity index (χ3n) is 10.9. The standard InChI is InChI=1S/C51H34/c1-2-12-35(13-3-1)38-18-10-19-39(30-38)40-20-11-21-41(31-40)44-26-29-48-47-22-8-9-23-49(47)51(50(48)34-44,45-27-24-36-14-4-6-16-42(36)32-45)46-28-25-37-15-5-7-17-43(37)33-46/h1-34H. The topological polar surface area (TPSA) is 0 Å². The highest BCUT2D eigenvalue weighted by Crippen LogP contribution is 2.57. The highest BCUT2D eigenvalue weighted by molar-refractivity contribution is 5.93. The third kappa shape index (κ3) is 4.76. The van der Waals surface area contributed by atoms with Gasteiger partial charge in [0.2, 0.25) is 0 Å². The molecule has 0 nitrogen and oxygen atoms in total. The predicted octanol–water partition coefficient (Wildman–Crippen LogP) is 13.4. The van der Waals surface area contributed by atoms with E-state index in [1.54, 1.807) is 0 Å². The number of rotatable bonds is 5. The van der Waals surface area contributed by atoms with E-state index in [2.05, 4.69) is 206 Å². The molecule has 238 valence electrons. The van der Waals surface area contributed by atoms with Gasteiger partial charge in [0.1, 0.15) is 0 Å². The first-order valence-electron chi connectivity index (χ1n) is 17.7. The minimum absolute atomic E-state index is 0.502. The molecule has 0 N–H and O–H groups in total. The van der Waals surface area contributed by atoms with E-state index in [1.807, 2.05) is 0 Å². The molecule has 1 aliphatic rings. The summed E-state index contributed by atoms with van der Waals surface area (Å²) in [4.78, 5) is 0. The predicted molar refractivity (Wildman–Crippen MR) is 215 cm³/mol. The molecule has 0 atom stereocenters. The van der Waals surface area contributed by atoms with Gasteiger partial charge >= 0.3 is 0 Å². The largest absolute Gasteiger partial charge is 0.0714 e. The fourth-order valence-electron chi connectivity index (χ4n) is 8.48. The van der Waals surface area contributed by atoms with Crippen LogP contribution < -0.4 is 0 Å². The molecule has 0 fully saturated rings. The van der Waals surface area contributed by atoms with Crippen LogP contribution in [0.3, 0.4) is 0 Å². The fraction of sp³-hybridized carbons (Fsp3) is 0.0196. The van der Waals surface area contributed by atoms with Gasteiger partial charge in [0.05, 0.1) is 5.41 Å². The second-order valence-corrected chi connectivity index (χ2v) is 13.7. The van der Waals surface area contributed by atoms with Crippen molar-refractivity contribution < 1.29 is 0 Å². The van der Waals surface area contributed by atoms with Gasteiger partial charge in [-0.1, -0.05) is 176 Å². The van der Waals surface area contributed by atoms with E-state index in [1.165, 1.54) is 88.3 Å². The Balaban J connectivity index is 1.20. The fourth-order valence-corrected chi connectivity index (χ4v) is 8.48. The first-order valence-corrected chi connectivity index (χ1v) is 17.7. The van der Waals surface area contributed by atoms with Gasteiger partial charge < -0.3 is 0 Å². The summed E-state index contributed by atoms with van der Waals surface area (Å²) in [5, 5.41) is 5.01. The summed E-state index contributed by atoms with van der Waals surface area (Å²) >= 11 is 0. The molecule has 0 aliphatic heterocycles. The lowest BCUT2D eigenvalue weighted by Crippen LogP contribution is -2.28. The van der Waals surface area contributed by atoms with E-state index < -0.39 is 5.41 Å². The summed E-state index contributed by atoms with van der Waals surface area (Å²) in [5.74, 6) is 0. The summed E-state index contributed by atoms with van der Waals surface area (Å²) in [6, 6.07) is 76.3. The first-order chi connectivity index (χ1) is 25.3. The summed E-state index contributed by atoms with van der Waals surface area (Å²) < 4.78 is 0. The normalized spacial score (nSPS) is 12.9. The molecule has 10 rings (SSSR count). The second-order valence-electron chi connectivity index (χ2n) is 13.7. The summed E-state index contributed by atoms with van der Waals surface area (Å²) in [6.07, 6.45) is 0. The summed E-state index contributed by atoms with van der Waals surface area (Å²) in [5.41, 5.74) is 14.6. The molecule has 0 radical (unpaired) electrons. The number of benzene rings is 9. The zero-order valence-electron chi connectivity index (χ0n) is 28.1. The van der Waals surface area contributed by atoms with Crippen molar-refractivity contribution in [3.63, 3.8) is 0 Å². The van der Waals surface area contributed by atoms with E-state index in [9.17, 15) is 0 Å². The van der Waals surface area contributed by atoms with Gasteiger partial charge in [-0.15, -0.1) is 0 Å². The number of hydrogen-bond donors (Lipinski definition) is 0. The monoisotopic (exact) mass is 646 g/mol. The Bertz CT molecular complexity index is 2670. The van der Waals surface area contributed by atoms with Crippen molar-refractivity contribution in [3.8, 4) is 44.5 Å². The van der Waals surface area contributed by atoms with Crippen molar-refractivity contribution in [2.24, 2.45) is 0 Å². The number of hydrogen-bond acceptors (Lipinski definition) is 0. The van der Waals surface area contributed by atoms with Crippen LogP contribution in [0.5, 0.6) is 0 Å². The molecule has 0 saturated carbocycles. The molecule has 1 aliphatic carbocycles. The van der Waals surface area contributed by atoms with Crippen LogP contribution in [0.15, 0.2) is 206 Å². The van der Waals surface area contributed by atoms with Crippen molar-refractivity contribution in [2.75, 3.05) is 0 Å². The van der Waals surface area contributed by atoms with Crippen molar-refractivity contribution >= 4 is 21.5 Å². The lowest BCUT2D eigenvalue weighted by molar-refractivity contribution is 0.771. The van der Waals surface area contributed by atoms with Crippen LogP contribution in [0.2, 0.25) is 0 Å². The maximum Gasteiger partial charge on any atom is 0.0714 e. The van der Waals surface area contributed by atoms with Crippen LogP contribution >= 0.6 is 0 Å². The minimum Gasteiger partial charge on any atom is -0.0622 e. The molecule has 51 heavy (non-hydrogen) atoms. The molecule has 0 spiro atoms. The van der Waals surface area contributed by atoms with Crippen molar-refractivity contribution in [1.82, 2.24) is 0 Å². The van der Waals surface area contributed by atoms with Gasteiger partial charge in [-0.05, 0) is 119 Å². The average Bonchev–Trinajstić information content (AvgIpc) is 3.51. The first kappa shape index (κ1) is 29.4. The molecule has 9 aromatic rings. The van der Waals surface area contributed by atoms with Crippen LogP contribution in [0.1, 0.15) is 22.3 Å². The zero-order chi connectivity index (χ0) is 33.8. The highest BCUT2D eigenvalue weighted by atomic mass is 14.5. The van der Waals surface area contributed by atoms with Gasteiger partial charge in [-0.3, -0.25) is 0 Å². The molecule has 0 amide bonds. The lowest BCUT2D eigenvalue weighted by atomic mass is 9.67. The van der Waals surface area contributed by atoms with Crippen LogP contribution in [0, 0.1) is 0 Å². The van der Waals surface area contributed by atoms with Crippen LogP contribution in [0.4, 0.5) is 0 Å². The lowest BCUT2D eigenvalue weighted by Gasteiger charge is -2.34. The average molecular weight is 647 g/mol. The van der Waals surface area contributed by atoms with E-state index in [-0.39, 0.29) is 0 Å². The smallest absolute Gasteiger partial charge is 0.0622 e. The molecule has 9 aromatic carbocycles. The highest BCUT2D eigenvalue weighted by Gasteiger charge is 2.46. The Morgan fingerprint density at radius 2 is 0.686 bits per heavy atom. The number of fused-ring (bicyclic) bond motifs is 5. The van der Waals surface area contributed by atoms with E-state index in [4.69, 9.17) is 0 Å². The van der Waals surface area contributed by atoms with Gasteiger partial charge in [0, 0.05) is 0 Å². The molecule has 0 bridgehead atoms. The van der Waals surface area contributed by atoms with Gasteiger partial charge in [-0.25, -0.2) is 0 Å². The van der Waals surface area contributed by atoms with Crippen LogP contribution in [-0.4, -0.2) is 0 Å². The van der Waals surface area contributed by atoms with E-state index >= 15 is 0 Å². The Kier molecular flexibility index (Phi) is 6.82. The SMILES string of the molecule is c1ccc(-c2cccc(-c3cccc(-c4ccc5c(c4)C(c4ccc6ccccc6c4)(c4ccc6ccccc6c4)c4ccccc4-5)c3)c2)cc1. The molecular formula is C51H34. The quantitative estimate of drug-likeness (QED) is 0.175. The molecule has 0 heterocycles. The Morgan fingerprint density at radius 3 is 1.29 bits per heavy atom. The van der Waals surface area contributed by atoms with Gasteiger partial charge in [0.25, 0.3) is 0 Å². The van der Waals surface area contributed by atoms with Gasteiger partial charge in [-0.2, -0.15) is 0 Å². The molecular weight excluding hydrogens is 613 g/mol. The molecule has 0 aromatic heterocycles. The van der Waals surface area contributed by atoms with Crippen molar-refractivity contribution in [2.45, 2.75) is 5.41 Å². The van der Waals surface area contributed by atoms with E-state index in [0.717, 1.165) is 0 Å². The Morgan fingerprint density at radius 1 is 0.235 bits per heavy atom. The Labute approximate surface area is 298 Å². The summed E-state index contributed by atoms with van der Waals surface area (Å²) in [6.45, 7) is 0. The van der Waals surface area contributed by atoms with E-state index in [0.29, 0.717) is 0 Å². The third-order valence-corrected chi connectivity index (χ3v) is 10.9. The zero-order valence-corrected chi connectivity index (χ0v) is 28.1. The molecule has 0 heteroatoms. The maximum atomic E-state index is 2.47. The molecule has 0 saturated heterocycles. The van der Waals surface area contributed by atoms with Crippen LogP contribution in [0.25, 0.3) is 66.1 Å². The maximum absolute atomic E-state index is 2.47. The van der Waals surface area contributed by atoms with Crippen LogP contribution in [-0.2, 0) is 5.41 Å². The van der Waals surface area contributed by atoms with Crippen molar-refractivity contribution in [1.29, 1.82) is 0 Å². The minimum atomic E-state index is -0.502. The van der Waals surface area contributed by atoms with Gasteiger partial charge in [0.15, 0.2) is 0 Å². The Hall–Kier alpha value is -6.50. The second kappa shape index (κ2) is 11.8. The summed E-state index contributed by atoms with van der Waals surface area (Å²) in [7, 11) is 0.